The van der Waals surface area contributed by atoms with Crippen molar-refractivity contribution in [2.24, 2.45) is 0 Å². The quantitative estimate of drug-likeness (QED) is 0.784. The van der Waals surface area contributed by atoms with Crippen LogP contribution >= 0.6 is 0 Å². The van der Waals surface area contributed by atoms with Gasteiger partial charge in [-0.25, -0.2) is 4.39 Å². The molecule has 0 bridgehead atoms. The molecule has 1 aliphatic rings. The van der Waals surface area contributed by atoms with Crippen molar-refractivity contribution in [1.82, 2.24) is 4.90 Å². The van der Waals surface area contributed by atoms with E-state index in [9.17, 15) is 9.18 Å². The monoisotopic (exact) mass is 265 g/mol. The minimum Gasteiger partial charge on any atom is -0.497 e. The third-order valence-corrected chi connectivity index (χ3v) is 3.87. The number of carbonyl (C=O) groups is 1. The molecule has 0 atom stereocenters. The van der Waals surface area contributed by atoms with Gasteiger partial charge >= 0.3 is 0 Å². The van der Waals surface area contributed by atoms with Gasteiger partial charge in [0, 0.05) is 6.07 Å². The highest BCUT2D eigenvalue weighted by Crippen LogP contribution is 2.27. The molecular formula is C15H20FNO2. The maximum Gasteiger partial charge on any atom is 0.185 e. The third kappa shape index (κ3) is 2.63. The van der Waals surface area contributed by atoms with E-state index < -0.39 is 11.4 Å². The highest BCUT2D eigenvalue weighted by molar-refractivity contribution is 6.03. The minimum absolute atomic E-state index is 0.137. The number of likely N-dealkylation sites (tertiary alicyclic amines) is 1. The molecule has 0 N–H and O–H groups in total. The number of carbonyl (C=O) groups excluding carboxylic acids is 1. The van der Waals surface area contributed by atoms with Gasteiger partial charge in [-0.05, 0) is 51.9 Å². The number of rotatable bonds is 4. The summed E-state index contributed by atoms with van der Waals surface area (Å²) in [4.78, 5) is 14.7. The SMILES string of the molecule is COc1ccc(C(=O)C(C)(C)N2CCCC2)c(F)c1. The van der Waals surface area contributed by atoms with Crippen molar-refractivity contribution in [1.29, 1.82) is 0 Å². The van der Waals surface area contributed by atoms with Crippen molar-refractivity contribution in [3.8, 4) is 5.75 Å². The number of ether oxygens (including phenoxy) is 1. The second kappa shape index (κ2) is 5.29. The van der Waals surface area contributed by atoms with Crippen molar-refractivity contribution in [2.45, 2.75) is 32.2 Å². The lowest BCUT2D eigenvalue weighted by molar-refractivity contribution is 0.0698. The van der Waals surface area contributed by atoms with E-state index in [2.05, 4.69) is 4.90 Å². The van der Waals surface area contributed by atoms with E-state index in [-0.39, 0.29) is 11.3 Å². The Morgan fingerprint density at radius 2 is 1.95 bits per heavy atom. The topological polar surface area (TPSA) is 29.5 Å². The largest absolute Gasteiger partial charge is 0.497 e. The van der Waals surface area contributed by atoms with Crippen molar-refractivity contribution in [3.63, 3.8) is 0 Å². The van der Waals surface area contributed by atoms with Crippen LogP contribution in [0.2, 0.25) is 0 Å². The average Bonchev–Trinajstić information content (AvgIpc) is 2.92. The molecule has 0 unspecified atom stereocenters. The maximum atomic E-state index is 14.0. The van der Waals surface area contributed by atoms with Crippen LogP contribution in [0.25, 0.3) is 0 Å². The molecule has 1 saturated heterocycles. The molecule has 104 valence electrons. The van der Waals surface area contributed by atoms with Gasteiger partial charge in [-0.1, -0.05) is 0 Å². The zero-order chi connectivity index (χ0) is 14.0. The van der Waals surface area contributed by atoms with E-state index in [1.54, 1.807) is 6.07 Å². The summed E-state index contributed by atoms with van der Waals surface area (Å²) >= 11 is 0. The molecule has 0 radical (unpaired) electrons. The number of nitrogens with zero attached hydrogens (tertiary/aromatic N) is 1. The lowest BCUT2D eigenvalue weighted by Gasteiger charge is -2.34. The zero-order valence-electron chi connectivity index (χ0n) is 11.7. The summed E-state index contributed by atoms with van der Waals surface area (Å²) < 4.78 is 18.9. The van der Waals surface area contributed by atoms with E-state index in [4.69, 9.17) is 4.74 Å². The van der Waals surface area contributed by atoms with Gasteiger partial charge in [0.15, 0.2) is 5.78 Å². The van der Waals surface area contributed by atoms with Crippen LogP contribution in [0.1, 0.15) is 37.0 Å². The molecule has 3 nitrogen and oxygen atoms in total. The summed E-state index contributed by atoms with van der Waals surface area (Å²) in [6, 6.07) is 4.39. The normalized spacial score (nSPS) is 16.6. The lowest BCUT2D eigenvalue weighted by atomic mass is 9.91. The highest BCUT2D eigenvalue weighted by Gasteiger charge is 2.37. The highest BCUT2D eigenvalue weighted by atomic mass is 19.1. The lowest BCUT2D eigenvalue weighted by Crippen LogP contribution is -2.48. The van der Waals surface area contributed by atoms with E-state index >= 15 is 0 Å². The Hall–Kier alpha value is -1.42. The van der Waals surface area contributed by atoms with E-state index in [0.29, 0.717) is 5.75 Å². The molecule has 4 heteroatoms. The number of hydrogen-bond donors (Lipinski definition) is 0. The van der Waals surface area contributed by atoms with Crippen LogP contribution in [-0.4, -0.2) is 36.4 Å². The molecule has 19 heavy (non-hydrogen) atoms. The van der Waals surface area contributed by atoms with Gasteiger partial charge in [-0.3, -0.25) is 9.69 Å². The van der Waals surface area contributed by atoms with Crippen LogP contribution in [0.3, 0.4) is 0 Å². The van der Waals surface area contributed by atoms with Gasteiger partial charge in [0.05, 0.1) is 18.2 Å². The number of hydrogen-bond acceptors (Lipinski definition) is 3. The van der Waals surface area contributed by atoms with Gasteiger partial charge in [0.2, 0.25) is 0 Å². The van der Waals surface area contributed by atoms with Gasteiger partial charge in [-0.15, -0.1) is 0 Å². The summed E-state index contributed by atoms with van der Waals surface area (Å²) in [5, 5.41) is 0. The average molecular weight is 265 g/mol. The second-order valence-electron chi connectivity index (χ2n) is 5.43. The van der Waals surface area contributed by atoms with Crippen molar-refractivity contribution in [3.05, 3.63) is 29.6 Å². The molecule has 2 rings (SSSR count). The molecule has 0 spiro atoms. The van der Waals surface area contributed by atoms with E-state index in [0.717, 1.165) is 25.9 Å². The molecule has 1 aromatic carbocycles. The van der Waals surface area contributed by atoms with Gasteiger partial charge in [0.1, 0.15) is 11.6 Å². The summed E-state index contributed by atoms with van der Waals surface area (Å²) in [5.41, 5.74) is -0.524. The Balaban J connectivity index is 2.27. The van der Waals surface area contributed by atoms with Crippen molar-refractivity contribution < 1.29 is 13.9 Å². The molecule has 1 fully saturated rings. The summed E-state index contributed by atoms with van der Waals surface area (Å²) in [6.45, 7) is 5.53. The minimum atomic E-state index is -0.661. The van der Waals surface area contributed by atoms with Crippen LogP contribution < -0.4 is 4.74 Å². The number of benzene rings is 1. The Bertz CT molecular complexity index is 479. The van der Waals surface area contributed by atoms with Crippen LogP contribution in [0.5, 0.6) is 5.75 Å². The number of Topliss-reactive ketones (excluding diaryl/α,β-unsaturated/α-hetero) is 1. The number of halogens is 1. The Morgan fingerprint density at radius 3 is 2.47 bits per heavy atom. The molecule has 0 aliphatic carbocycles. The summed E-state index contributed by atoms with van der Waals surface area (Å²) in [6.07, 6.45) is 2.20. The van der Waals surface area contributed by atoms with Gasteiger partial charge in [-0.2, -0.15) is 0 Å². The zero-order valence-corrected chi connectivity index (χ0v) is 11.7. The molecule has 1 aliphatic heterocycles. The number of methoxy groups -OCH3 is 1. The van der Waals surface area contributed by atoms with E-state index in [1.165, 1.54) is 19.2 Å². The fourth-order valence-electron chi connectivity index (χ4n) is 2.56. The van der Waals surface area contributed by atoms with Gasteiger partial charge < -0.3 is 4.74 Å². The smallest absolute Gasteiger partial charge is 0.185 e. The third-order valence-electron chi connectivity index (χ3n) is 3.87. The molecule has 0 amide bonds. The standard InChI is InChI=1S/C15H20FNO2/c1-15(2,17-8-4-5-9-17)14(18)12-7-6-11(19-3)10-13(12)16/h6-7,10H,4-5,8-9H2,1-3H3. The first-order valence-electron chi connectivity index (χ1n) is 6.60. The molecule has 0 saturated carbocycles. The fraction of sp³-hybridized carbons (Fsp3) is 0.533. The fourth-order valence-corrected chi connectivity index (χ4v) is 2.56. The van der Waals surface area contributed by atoms with Crippen LogP contribution in [0.4, 0.5) is 4.39 Å². The molecule has 1 aromatic rings. The predicted octanol–water partition coefficient (Wildman–Crippen LogP) is 2.89. The van der Waals surface area contributed by atoms with Crippen LogP contribution in [-0.2, 0) is 0 Å². The Morgan fingerprint density at radius 1 is 1.32 bits per heavy atom. The first kappa shape index (κ1) is 14.0. The van der Waals surface area contributed by atoms with Crippen LogP contribution in [0.15, 0.2) is 18.2 Å². The Labute approximate surface area is 113 Å². The van der Waals surface area contributed by atoms with Crippen LogP contribution in [0, 0.1) is 5.82 Å². The Kier molecular flexibility index (Phi) is 3.90. The predicted molar refractivity (Wildman–Crippen MR) is 72.2 cm³/mol. The van der Waals surface area contributed by atoms with E-state index in [1.807, 2.05) is 13.8 Å². The first-order valence-corrected chi connectivity index (χ1v) is 6.60. The molecule has 0 aromatic heterocycles. The number of ketones is 1. The molecule has 1 heterocycles. The molecular weight excluding hydrogens is 245 g/mol. The van der Waals surface area contributed by atoms with Crippen molar-refractivity contribution >= 4 is 5.78 Å². The maximum absolute atomic E-state index is 14.0. The summed E-state index contributed by atoms with van der Waals surface area (Å²) in [5.74, 6) is -0.265. The first-order chi connectivity index (χ1) is 8.96. The van der Waals surface area contributed by atoms with Crippen molar-refractivity contribution in [2.75, 3.05) is 20.2 Å². The summed E-state index contributed by atoms with van der Waals surface area (Å²) in [7, 11) is 1.48. The van der Waals surface area contributed by atoms with Gasteiger partial charge in [0.25, 0.3) is 0 Å². The second-order valence-corrected chi connectivity index (χ2v) is 5.43.